The molecule has 0 spiro atoms. The van der Waals surface area contributed by atoms with Crippen molar-refractivity contribution < 1.29 is 4.79 Å². The molecule has 0 saturated carbocycles. The summed E-state index contributed by atoms with van der Waals surface area (Å²) in [6.45, 7) is 0.539. The van der Waals surface area contributed by atoms with Gasteiger partial charge in [-0.05, 0) is 53.9 Å². The van der Waals surface area contributed by atoms with E-state index in [1.165, 1.54) is 0 Å². The summed E-state index contributed by atoms with van der Waals surface area (Å²) in [5, 5.41) is 28.4. The molecule has 0 bridgehead atoms. The Balaban J connectivity index is 1.46. The summed E-state index contributed by atoms with van der Waals surface area (Å²) in [7, 11) is 1.85. The van der Waals surface area contributed by atoms with Crippen molar-refractivity contribution in [3.05, 3.63) is 102 Å². The van der Waals surface area contributed by atoms with E-state index in [0.29, 0.717) is 29.9 Å². The summed E-state index contributed by atoms with van der Waals surface area (Å²) < 4.78 is 1.72. The number of nitrogens with one attached hydrogen (secondary N) is 2. The van der Waals surface area contributed by atoms with E-state index in [2.05, 4.69) is 32.9 Å². The molecule has 0 saturated heterocycles. The second-order valence-corrected chi connectivity index (χ2v) is 8.00. The fraction of sp³-hybridized carbons (Fsp3) is 0.148. The van der Waals surface area contributed by atoms with Crippen LogP contribution in [0.4, 0.5) is 5.82 Å². The molecule has 2 aromatic carbocycles. The Hall–Kier alpha value is -4.79. The predicted octanol–water partition coefficient (Wildman–Crippen LogP) is 3.74. The Bertz CT molecular complexity index is 1380. The van der Waals surface area contributed by atoms with E-state index in [9.17, 15) is 4.79 Å². The number of pyridine rings is 1. The van der Waals surface area contributed by atoms with Crippen LogP contribution in [0.2, 0.25) is 0 Å². The zero-order valence-corrected chi connectivity index (χ0v) is 19.1. The molecular weight excluding hydrogens is 438 g/mol. The minimum Gasteiger partial charge on any atom is -0.309 e. The van der Waals surface area contributed by atoms with Crippen LogP contribution in [0.3, 0.4) is 0 Å². The molecule has 0 unspecified atom stereocenters. The first-order valence-corrected chi connectivity index (χ1v) is 11.0. The van der Waals surface area contributed by atoms with Crippen molar-refractivity contribution in [3.8, 4) is 23.3 Å². The standard InChI is InChI=1S/C27H23N7O/c1-34-18-24(17-32-34)23-10-11-25(31-16-23)33-27(35)26(22-8-6-21(15-29)7-9-22)30-13-12-19-2-4-20(14-28)5-3-19/h2-11,16-18,26,30H,12-13H2,1H3,(H,31,33,35)/t26-/m0/s1. The van der Waals surface area contributed by atoms with Crippen LogP contribution < -0.4 is 10.6 Å². The number of amides is 1. The molecular formula is C27H23N7O. The third-order valence-corrected chi connectivity index (χ3v) is 5.53. The summed E-state index contributed by atoms with van der Waals surface area (Å²) >= 11 is 0. The van der Waals surface area contributed by atoms with Gasteiger partial charge < -0.3 is 10.6 Å². The van der Waals surface area contributed by atoms with Crippen LogP contribution in [0.25, 0.3) is 11.1 Å². The lowest BCUT2D eigenvalue weighted by atomic mass is 10.0. The first-order valence-electron chi connectivity index (χ1n) is 11.0. The summed E-state index contributed by atoms with van der Waals surface area (Å²) in [5.74, 6) is 0.186. The Labute approximate surface area is 203 Å². The lowest BCUT2D eigenvalue weighted by Crippen LogP contribution is -2.34. The van der Waals surface area contributed by atoms with Crippen molar-refractivity contribution in [2.24, 2.45) is 7.05 Å². The topological polar surface area (TPSA) is 119 Å². The maximum absolute atomic E-state index is 13.2. The summed E-state index contributed by atoms with van der Waals surface area (Å²) in [5.41, 5.74) is 4.78. The second kappa shape index (κ2) is 10.9. The van der Waals surface area contributed by atoms with Gasteiger partial charge in [0, 0.05) is 37.1 Å². The van der Waals surface area contributed by atoms with Gasteiger partial charge in [-0.2, -0.15) is 15.6 Å². The lowest BCUT2D eigenvalue weighted by molar-refractivity contribution is -0.118. The zero-order valence-electron chi connectivity index (χ0n) is 19.1. The highest BCUT2D eigenvalue weighted by molar-refractivity contribution is 5.95. The van der Waals surface area contributed by atoms with Gasteiger partial charge in [0.15, 0.2) is 0 Å². The molecule has 2 aromatic heterocycles. The van der Waals surface area contributed by atoms with E-state index >= 15 is 0 Å². The predicted molar refractivity (Wildman–Crippen MR) is 132 cm³/mol. The van der Waals surface area contributed by atoms with Gasteiger partial charge in [0.25, 0.3) is 0 Å². The van der Waals surface area contributed by atoms with Crippen LogP contribution in [0, 0.1) is 22.7 Å². The molecule has 1 amide bonds. The van der Waals surface area contributed by atoms with Crippen molar-refractivity contribution in [1.29, 1.82) is 10.5 Å². The van der Waals surface area contributed by atoms with Crippen molar-refractivity contribution in [2.75, 3.05) is 11.9 Å². The maximum atomic E-state index is 13.2. The number of hydrogen-bond acceptors (Lipinski definition) is 6. The zero-order chi connectivity index (χ0) is 24.6. The number of carbonyl (C=O) groups excluding carboxylic acids is 1. The summed E-state index contributed by atoms with van der Waals surface area (Å²) in [6, 6.07) is 21.5. The number of hydrogen-bond donors (Lipinski definition) is 2. The van der Waals surface area contributed by atoms with Crippen molar-refractivity contribution >= 4 is 11.7 Å². The Morgan fingerprint density at radius 1 is 0.943 bits per heavy atom. The highest BCUT2D eigenvalue weighted by atomic mass is 16.2. The monoisotopic (exact) mass is 461 g/mol. The molecule has 1 atom stereocenters. The number of carbonyl (C=O) groups is 1. The Kier molecular flexibility index (Phi) is 7.27. The Morgan fingerprint density at radius 2 is 1.63 bits per heavy atom. The minimum absolute atomic E-state index is 0.254. The van der Waals surface area contributed by atoms with Gasteiger partial charge in [-0.3, -0.25) is 9.48 Å². The van der Waals surface area contributed by atoms with Gasteiger partial charge in [-0.1, -0.05) is 24.3 Å². The van der Waals surface area contributed by atoms with Crippen molar-refractivity contribution in [2.45, 2.75) is 12.5 Å². The summed E-state index contributed by atoms with van der Waals surface area (Å²) in [6.07, 6.45) is 6.04. The van der Waals surface area contributed by atoms with Crippen LogP contribution >= 0.6 is 0 Å². The number of nitriles is 2. The molecule has 0 aliphatic rings. The normalized spacial score (nSPS) is 11.3. The van der Waals surface area contributed by atoms with E-state index in [1.54, 1.807) is 59.5 Å². The molecule has 4 rings (SSSR count). The SMILES string of the molecule is Cn1cc(-c2ccc(NC(=O)[C@@H](NCCc3ccc(C#N)cc3)c3ccc(C#N)cc3)nc2)cn1. The highest BCUT2D eigenvalue weighted by Crippen LogP contribution is 2.20. The van der Waals surface area contributed by atoms with Crippen LogP contribution in [0.5, 0.6) is 0 Å². The minimum atomic E-state index is -0.638. The third-order valence-electron chi connectivity index (χ3n) is 5.53. The average Bonchev–Trinajstić information content (AvgIpc) is 3.33. The van der Waals surface area contributed by atoms with E-state index in [0.717, 1.165) is 22.3 Å². The lowest BCUT2D eigenvalue weighted by Gasteiger charge is -2.19. The van der Waals surface area contributed by atoms with Crippen LogP contribution in [0.1, 0.15) is 28.3 Å². The highest BCUT2D eigenvalue weighted by Gasteiger charge is 2.21. The van der Waals surface area contributed by atoms with E-state index in [1.807, 2.05) is 31.4 Å². The van der Waals surface area contributed by atoms with Gasteiger partial charge in [0.2, 0.25) is 5.91 Å². The Morgan fingerprint density at radius 3 is 2.20 bits per heavy atom. The first kappa shape index (κ1) is 23.4. The fourth-order valence-electron chi connectivity index (χ4n) is 3.63. The molecule has 2 heterocycles. The number of rotatable bonds is 8. The number of nitrogens with zero attached hydrogens (tertiary/aromatic N) is 5. The maximum Gasteiger partial charge on any atom is 0.247 e. The van der Waals surface area contributed by atoms with Crippen molar-refractivity contribution in [1.82, 2.24) is 20.1 Å². The smallest absolute Gasteiger partial charge is 0.247 e. The van der Waals surface area contributed by atoms with Crippen molar-refractivity contribution in [3.63, 3.8) is 0 Å². The van der Waals surface area contributed by atoms with Crippen LogP contribution in [-0.4, -0.2) is 27.2 Å². The molecule has 8 heteroatoms. The van der Waals surface area contributed by atoms with Gasteiger partial charge in [0.05, 0.1) is 29.5 Å². The molecule has 0 aliphatic heterocycles. The van der Waals surface area contributed by atoms with E-state index in [4.69, 9.17) is 10.5 Å². The van der Waals surface area contributed by atoms with E-state index in [-0.39, 0.29) is 5.91 Å². The second-order valence-electron chi connectivity index (χ2n) is 8.00. The molecule has 0 radical (unpaired) electrons. The molecule has 35 heavy (non-hydrogen) atoms. The molecule has 4 aromatic rings. The van der Waals surface area contributed by atoms with Gasteiger partial charge in [-0.15, -0.1) is 0 Å². The third kappa shape index (κ3) is 5.97. The molecule has 172 valence electrons. The summed E-state index contributed by atoms with van der Waals surface area (Å²) in [4.78, 5) is 17.6. The average molecular weight is 462 g/mol. The van der Waals surface area contributed by atoms with Gasteiger partial charge in [-0.25, -0.2) is 4.98 Å². The molecule has 8 nitrogen and oxygen atoms in total. The number of anilines is 1. The van der Waals surface area contributed by atoms with Crippen LogP contribution in [0.15, 0.2) is 79.3 Å². The number of aromatic nitrogens is 3. The van der Waals surface area contributed by atoms with Gasteiger partial charge in [0.1, 0.15) is 11.9 Å². The van der Waals surface area contributed by atoms with E-state index < -0.39 is 6.04 Å². The molecule has 0 fully saturated rings. The first-order chi connectivity index (χ1) is 17.1. The number of aryl methyl sites for hydroxylation is 1. The largest absolute Gasteiger partial charge is 0.309 e. The molecule has 2 N–H and O–H groups in total. The quantitative estimate of drug-likeness (QED) is 0.413. The molecule has 0 aliphatic carbocycles. The fourth-order valence-corrected chi connectivity index (χ4v) is 3.63. The van der Waals surface area contributed by atoms with Crippen LogP contribution in [-0.2, 0) is 18.3 Å². The van der Waals surface area contributed by atoms with Gasteiger partial charge >= 0.3 is 0 Å². The number of benzene rings is 2.